The molecule has 3 aromatic rings. The molecule has 0 atom stereocenters. The molecule has 0 spiro atoms. The molecule has 4 nitrogen and oxygen atoms in total. The number of nitrogens with one attached hydrogen (secondary N) is 1. The Kier molecular flexibility index (Phi) is 5.57. The molecule has 2 aromatic carbocycles. The first kappa shape index (κ1) is 19.1. The summed E-state index contributed by atoms with van der Waals surface area (Å²) in [6.45, 7) is 0.453. The molecule has 1 aromatic heterocycles. The van der Waals surface area contributed by atoms with Crippen LogP contribution in [0.15, 0.2) is 53.9 Å². The highest BCUT2D eigenvalue weighted by molar-refractivity contribution is 7.14. The second kappa shape index (κ2) is 7.89. The Balaban J connectivity index is 1.73. The van der Waals surface area contributed by atoms with Gasteiger partial charge in [-0.3, -0.25) is 10.1 Å². The second-order valence-electron chi connectivity index (χ2n) is 5.70. The minimum Gasteiger partial charge on any atom is -0.380 e. The number of carbonyl (C=O) groups excluding carboxylic acids is 1. The number of hydrogen-bond acceptors (Lipinski definition) is 4. The van der Waals surface area contributed by atoms with Crippen LogP contribution in [0.2, 0.25) is 0 Å². The number of nitrogens with zero attached hydrogens (tertiary/aromatic N) is 1. The second-order valence-corrected chi connectivity index (χ2v) is 6.56. The van der Waals surface area contributed by atoms with Crippen LogP contribution in [-0.2, 0) is 17.5 Å². The van der Waals surface area contributed by atoms with Gasteiger partial charge in [0.1, 0.15) is 0 Å². The molecule has 0 radical (unpaired) electrons. The Hall–Kier alpha value is -2.71. The quantitative estimate of drug-likeness (QED) is 0.647. The Morgan fingerprint density at radius 3 is 2.59 bits per heavy atom. The van der Waals surface area contributed by atoms with E-state index < -0.39 is 11.7 Å². The van der Waals surface area contributed by atoms with E-state index in [2.05, 4.69) is 10.3 Å². The summed E-state index contributed by atoms with van der Waals surface area (Å²) >= 11 is 1.15. The van der Waals surface area contributed by atoms with Crippen LogP contribution in [0.25, 0.3) is 11.3 Å². The van der Waals surface area contributed by atoms with Gasteiger partial charge in [-0.2, -0.15) is 13.2 Å². The average Bonchev–Trinajstić information content (AvgIpc) is 3.10. The van der Waals surface area contributed by atoms with Crippen molar-refractivity contribution in [2.45, 2.75) is 12.8 Å². The lowest BCUT2D eigenvalue weighted by Crippen LogP contribution is -2.11. The summed E-state index contributed by atoms with van der Waals surface area (Å²) in [4.78, 5) is 16.5. The number of benzene rings is 2. The van der Waals surface area contributed by atoms with Crippen LogP contribution < -0.4 is 5.32 Å². The Labute approximate surface area is 157 Å². The molecular weight excluding hydrogens is 377 g/mol. The fourth-order valence-electron chi connectivity index (χ4n) is 2.41. The van der Waals surface area contributed by atoms with Gasteiger partial charge in [-0.05, 0) is 29.8 Å². The van der Waals surface area contributed by atoms with E-state index in [1.54, 1.807) is 42.8 Å². The minimum absolute atomic E-state index is 0.313. The molecule has 0 aliphatic rings. The van der Waals surface area contributed by atoms with Gasteiger partial charge in [0, 0.05) is 23.6 Å². The van der Waals surface area contributed by atoms with Crippen molar-refractivity contribution >= 4 is 22.4 Å². The van der Waals surface area contributed by atoms with Crippen molar-refractivity contribution in [3.05, 3.63) is 70.6 Å². The lowest BCUT2D eigenvalue weighted by molar-refractivity contribution is -0.137. The van der Waals surface area contributed by atoms with E-state index in [4.69, 9.17) is 4.74 Å². The van der Waals surface area contributed by atoms with Gasteiger partial charge in [-0.15, -0.1) is 11.3 Å². The van der Waals surface area contributed by atoms with Crippen molar-refractivity contribution in [1.29, 1.82) is 0 Å². The number of methoxy groups -OCH3 is 1. The molecule has 8 heteroatoms. The first-order valence-corrected chi connectivity index (χ1v) is 8.77. The minimum atomic E-state index is -4.42. The molecule has 0 fully saturated rings. The largest absolute Gasteiger partial charge is 0.416 e. The van der Waals surface area contributed by atoms with Crippen LogP contribution in [0.3, 0.4) is 0 Å². The lowest BCUT2D eigenvalue weighted by Gasteiger charge is -2.07. The summed E-state index contributed by atoms with van der Waals surface area (Å²) in [6.07, 6.45) is -4.42. The number of amides is 1. The molecule has 0 unspecified atom stereocenters. The van der Waals surface area contributed by atoms with Gasteiger partial charge in [0.2, 0.25) is 0 Å². The zero-order valence-corrected chi connectivity index (χ0v) is 15.0. The molecule has 140 valence electrons. The van der Waals surface area contributed by atoms with Crippen LogP contribution in [0.4, 0.5) is 18.3 Å². The zero-order valence-electron chi connectivity index (χ0n) is 14.2. The Morgan fingerprint density at radius 1 is 1.19 bits per heavy atom. The van der Waals surface area contributed by atoms with Gasteiger partial charge in [0.25, 0.3) is 5.91 Å². The summed E-state index contributed by atoms with van der Waals surface area (Å²) in [6, 6.07) is 11.8. The smallest absolute Gasteiger partial charge is 0.380 e. The maximum absolute atomic E-state index is 12.8. The third kappa shape index (κ3) is 4.72. The van der Waals surface area contributed by atoms with Crippen LogP contribution in [0.1, 0.15) is 21.5 Å². The Morgan fingerprint density at radius 2 is 1.93 bits per heavy atom. The fraction of sp³-hybridized carbons (Fsp3) is 0.158. The van der Waals surface area contributed by atoms with Crippen molar-refractivity contribution in [3.8, 4) is 11.3 Å². The molecule has 3 rings (SSSR count). The maximum Gasteiger partial charge on any atom is 0.416 e. The van der Waals surface area contributed by atoms with Crippen LogP contribution >= 0.6 is 11.3 Å². The highest BCUT2D eigenvalue weighted by atomic mass is 32.1. The van der Waals surface area contributed by atoms with Crippen molar-refractivity contribution in [2.24, 2.45) is 0 Å². The number of ether oxygens (including phenoxy) is 1. The number of halogens is 3. The number of anilines is 1. The van der Waals surface area contributed by atoms with E-state index in [1.807, 2.05) is 0 Å². The van der Waals surface area contributed by atoms with Crippen LogP contribution in [-0.4, -0.2) is 18.0 Å². The van der Waals surface area contributed by atoms with Crippen molar-refractivity contribution in [2.75, 3.05) is 12.4 Å². The van der Waals surface area contributed by atoms with E-state index in [9.17, 15) is 18.0 Å². The van der Waals surface area contributed by atoms with Gasteiger partial charge in [0.05, 0.1) is 17.9 Å². The summed E-state index contributed by atoms with van der Waals surface area (Å²) in [7, 11) is 1.59. The van der Waals surface area contributed by atoms with E-state index >= 15 is 0 Å². The number of rotatable bonds is 5. The predicted molar refractivity (Wildman–Crippen MR) is 97.7 cm³/mol. The van der Waals surface area contributed by atoms with Crippen molar-refractivity contribution in [3.63, 3.8) is 0 Å². The predicted octanol–water partition coefficient (Wildman–Crippen LogP) is 5.23. The molecule has 1 N–H and O–H groups in total. The molecular formula is C19H15F3N2O2S. The van der Waals surface area contributed by atoms with E-state index in [0.29, 0.717) is 28.6 Å². The normalized spacial score (nSPS) is 11.4. The van der Waals surface area contributed by atoms with Gasteiger partial charge in [-0.25, -0.2) is 4.98 Å². The third-order valence-corrected chi connectivity index (χ3v) is 4.50. The molecule has 0 aliphatic carbocycles. The van der Waals surface area contributed by atoms with Crippen molar-refractivity contribution in [1.82, 2.24) is 4.98 Å². The zero-order chi connectivity index (χ0) is 19.4. The fourth-order valence-corrected chi connectivity index (χ4v) is 3.12. The molecule has 0 saturated heterocycles. The van der Waals surface area contributed by atoms with Crippen LogP contribution in [0.5, 0.6) is 0 Å². The highest BCUT2D eigenvalue weighted by Crippen LogP contribution is 2.33. The first-order valence-electron chi connectivity index (χ1n) is 7.89. The number of thiazole rings is 1. The average molecular weight is 392 g/mol. The first-order chi connectivity index (χ1) is 12.9. The van der Waals surface area contributed by atoms with Gasteiger partial charge < -0.3 is 4.74 Å². The molecule has 0 bridgehead atoms. The standard InChI is InChI=1S/C19H15F3N2O2S/c1-26-10-12-5-7-13(8-6-12)17(25)24-18-23-16(11-27-18)14-3-2-4-15(9-14)19(20,21)22/h2-9,11H,10H2,1H3,(H,23,24,25). The molecule has 1 heterocycles. The summed E-state index contributed by atoms with van der Waals surface area (Å²) in [5, 5.41) is 4.58. The summed E-state index contributed by atoms with van der Waals surface area (Å²) in [5.41, 5.74) is 1.36. The summed E-state index contributed by atoms with van der Waals surface area (Å²) < 4.78 is 43.5. The summed E-state index contributed by atoms with van der Waals surface area (Å²) in [5.74, 6) is -0.344. The molecule has 0 saturated carbocycles. The van der Waals surface area contributed by atoms with E-state index in [0.717, 1.165) is 29.0 Å². The van der Waals surface area contributed by atoms with Gasteiger partial charge >= 0.3 is 6.18 Å². The van der Waals surface area contributed by atoms with Gasteiger partial charge in [-0.1, -0.05) is 24.3 Å². The number of carbonyl (C=O) groups is 1. The van der Waals surface area contributed by atoms with Crippen molar-refractivity contribution < 1.29 is 22.7 Å². The number of aromatic nitrogens is 1. The molecule has 0 aliphatic heterocycles. The van der Waals surface area contributed by atoms with Gasteiger partial charge in [0.15, 0.2) is 5.13 Å². The topological polar surface area (TPSA) is 51.2 Å². The highest BCUT2D eigenvalue weighted by Gasteiger charge is 2.30. The third-order valence-electron chi connectivity index (χ3n) is 3.74. The van der Waals surface area contributed by atoms with E-state index in [1.165, 1.54) is 6.07 Å². The van der Waals surface area contributed by atoms with Crippen LogP contribution in [0, 0.1) is 0 Å². The van der Waals surface area contributed by atoms with E-state index in [-0.39, 0.29) is 5.91 Å². The SMILES string of the molecule is COCc1ccc(C(=O)Nc2nc(-c3cccc(C(F)(F)F)c3)cs2)cc1. The Bertz CT molecular complexity index is 937. The number of alkyl halides is 3. The maximum atomic E-state index is 12.8. The lowest BCUT2D eigenvalue weighted by atomic mass is 10.1. The molecule has 27 heavy (non-hydrogen) atoms. The monoisotopic (exact) mass is 392 g/mol. The number of hydrogen-bond donors (Lipinski definition) is 1. The molecule has 1 amide bonds.